The van der Waals surface area contributed by atoms with Gasteiger partial charge in [-0.2, -0.15) is 0 Å². The fourth-order valence-corrected chi connectivity index (χ4v) is 2.05. The Kier molecular flexibility index (Phi) is 1.78. The highest BCUT2D eigenvalue weighted by molar-refractivity contribution is 6.07. The molecule has 3 fully saturated rings. The van der Waals surface area contributed by atoms with Gasteiger partial charge in [0.1, 0.15) is 5.54 Å². The average molecular weight is 212 g/mol. The van der Waals surface area contributed by atoms with Gasteiger partial charge in [-0.25, -0.2) is 4.79 Å². The van der Waals surface area contributed by atoms with E-state index >= 15 is 0 Å². The van der Waals surface area contributed by atoms with Gasteiger partial charge in [-0.05, 0) is 0 Å². The lowest BCUT2D eigenvalue weighted by Crippen LogP contribution is -2.49. The molecule has 15 heavy (non-hydrogen) atoms. The molecule has 0 aromatic carbocycles. The van der Waals surface area contributed by atoms with Crippen LogP contribution in [0.1, 0.15) is 12.8 Å². The molecular weight excluding hydrogens is 200 g/mol. The topological polar surface area (TPSA) is 83.3 Å². The highest BCUT2D eigenvalue weighted by Gasteiger charge is 2.52. The van der Waals surface area contributed by atoms with Gasteiger partial charge in [0.05, 0.1) is 25.4 Å². The molecule has 0 bridgehead atoms. The molecule has 3 saturated heterocycles. The summed E-state index contributed by atoms with van der Waals surface area (Å²) in [4.78, 5) is 22.9. The lowest BCUT2D eigenvalue weighted by atomic mass is 9.88. The van der Waals surface area contributed by atoms with Crippen molar-refractivity contribution in [3.63, 3.8) is 0 Å². The molecule has 0 saturated carbocycles. The number of rotatable bonds is 4. The number of ether oxygens (including phenoxy) is 2. The van der Waals surface area contributed by atoms with Gasteiger partial charge in [-0.1, -0.05) is 0 Å². The fourth-order valence-electron chi connectivity index (χ4n) is 2.05. The molecule has 0 aliphatic carbocycles. The average Bonchev–Trinajstić information content (AvgIpc) is 2.99. The second-order valence-electron chi connectivity index (χ2n) is 4.31. The van der Waals surface area contributed by atoms with Crippen LogP contribution in [0, 0.1) is 0 Å². The summed E-state index contributed by atoms with van der Waals surface area (Å²) in [6, 6.07) is -0.415. The molecule has 0 spiro atoms. The molecule has 0 radical (unpaired) electrons. The molecule has 2 atom stereocenters. The van der Waals surface area contributed by atoms with Crippen molar-refractivity contribution in [3.8, 4) is 0 Å². The minimum Gasteiger partial charge on any atom is -0.373 e. The zero-order valence-corrected chi connectivity index (χ0v) is 8.12. The third-order valence-corrected chi connectivity index (χ3v) is 2.97. The van der Waals surface area contributed by atoms with E-state index in [0.717, 1.165) is 0 Å². The standard InChI is InChI=1S/C9H12N2O4/c12-7-9(1-5-3-14-5,2-6-4-15-6)11-8(13)10-7/h5-6H,1-4H2,(H2,10,11,12,13). The van der Waals surface area contributed by atoms with Crippen molar-refractivity contribution < 1.29 is 19.1 Å². The molecule has 6 nitrogen and oxygen atoms in total. The summed E-state index contributed by atoms with van der Waals surface area (Å²) >= 11 is 0. The second-order valence-corrected chi connectivity index (χ2v) is 4.31. The first-order valence-electron chi connectivity index (χ1n) is 5.05. The molecule has 0 aromatic rings. The lowest BCUT2D eigenvalue weighted by molar-refractivity contribution is -0.124. The minimum atomic E-state index is -0.806. The molecule has 2 N–H and O–H groups in total. The Morgan fingerprint density at radius 2 is 1.73 bits per heavy atom. The normalized spacial score (nSPS) is 42.4. The quantitative estimate of drug-likeness (QED) is 0.469. The molecule has 2 unspecified atom stereocenters. The summed E-state index contributed by atoms with van der Waals surface area (Å²) in [5, 5.41) is 4.97. The maximum Gasteiger partial charge on any atom is 0.322 e. The first kappa shape index (κ1) is 9.11. The van der Waals surface area contributed by atoms with Gasteiger partial charge in [-0.15, -0.1) is 0 Å². The van der Waals surface area contributed by atoms with Gasteiger partial charge in [0.2, 0.25) is 0 Å². The van der Waals surface area contributed by atoms with Crippen molar-refractivity contribution in [1.82, 2.24) is 10.6 Å². The van der Waals surface area contributed by atoms with E-state index in [1.54, 1.807) is 0 Å². The van der Waals surface area contributed by atoms with Crippen LogP contribution < -0.4 is 10.6 Å². The van der Waals surface area contributed by atoms with E-state index in [4.69, 9.17) is 9.47 Å². The number of urea groups is 1. The summed E-state index contributed by atoms with van der Waals surface area (Å²) in [7, 11) is 0. The van der Waals surface area contributed by atoms with Crippen molar-refractivity contribution in [2.24, 2.45) is 0 Å². The van der Waals surface area contributed by atoms with Gasteiger partial charge in [0, 0.05) is 12.8 Å². The van der Waals surface area contributed by atoms with Crippen molar-refractivity contribution in [2.75, 3.05) is 13.2 Å². The third-order valence-electron chi connectivity index (χ3n) is 2.97. The number of amides is 3. The van der Waals surface area contributed by atoms with Crippen LogP contribution in [0.25, 0.3) is 0 Å². The van der Waals surface area contributed by atoms with Gasteiger partial charge in [0.25, 0.3) is 5.91 Å². The van der Waals surface area contributed by atoms with Crippen molar-refractivity contribution >= 4 is 11.9 Å². The third kappa shape index (κ3) is 1.70. The van der Waals surface area contributed by atoms with Gasteiger partial charge in [0.15, 0.2) is 0 Å². The summed E-state index contributed by atoms with van der Waals surface area (Å²) < 4.78 is 10.2. The molecule has 0 aromatic heterocycles. The monoisotopic (exact) mass is 212 g/mol. The maximum absolute atomic E-state index is 11.7. The smallest absolute Gasteiger partial charge is 0.322 e. The van der Waals surface area contributed by atoms with Crippen LogP contribution in [0.2, 0.25) is 0 Å². The Morgan fingerprint density at radius 1 is 1.20 bits per heavy atom. The van der Waals surface area contributed by atoms with Crippen LogP contribution >= 0.6 is 0 Å². The van der Waals surface area contributed by atoms with E-state index in [0.29, 0.717) is 26.1 Å². The van der Waals surface area contributed by atoms with E-state index < -0.39 is 11.6 Å². The zero-order chi connectivity index (χ0) is 10.5. The summed E-state index contributed by atoms with van der Waals surface area (Å²) in [5.41, 5.74) is -0.806. The highest BCUT2D eigenvalue weighted by Crippen LogP contribution is 2.32. The Bertz CT molecular complexity index is 308. The Hall–Kier alpha value is -1.14. The van der Waals surface area contributed by atoms with E-state index in [1.165, 1.54) is 0 Å². The van der Waals surface area contributed by atoms with Gasteiger partial charge >= 0.3 is 6.03 Å². The van der Waals surface area contributed by atoms with Crippen LogP contribution in [-0.4, -0.2) is 42.9 Å². The number of epoxide rings is 2. The number of hydrogen-bond acceptors (Lipinski definition) is 4. The predicted molar refractivity (Wildman–Crippen MR) is 48.1 cm³/mol. The highest BCUT2D eigenvalue weighted by atomic mass is 16.6. The second kappa shape index (κ2) is 2.93. The van der Waals surface area contributed by atoms with Crippen LogP contribution in [0.3, 0.4) is 0 Å². The van der Waals surface area contributed by atoms with Gasteiger partial charge < -0.3 is 14.8 Å². The number of carbonyl (C=O) groups is 2. The van der Waals surface area contributed by atoms with Gasteiger partial charge in [-0.3, -0.25) is 10.1 Å². The predicted octanol–water partition coefficient (Wildman–Crippen LogP) is -0.858. The minimum absolute atomic E-state index is 0.105. The molecule has 6 heteroatoms. The SMILES string of the molecule is O=C1NC(=O)C(CC2CO2)(CC2CO2)N1. The molecule has 3 amide bonds. The first-order valence-corrected chi connectivity index (χ1v) is 5.05. The van der Waals surface area contributed by atoms with Crippen LogP contribution in [0.4, 0.5) is 4.79 Å². The summed E-state index contributed by atoms with van der Waals surface area (Å²) in [6.07, 6.45) is 1.30. The van der Waals surface area contributed by atoms with Crippen LogP contribution in [0.5, 0.6) is 0 Å². The fraction of sp³-hybridized carbons (Fsp3) is 0.778. The lowest BCUT2D eigenvalue weighted by Gasteiger charge is -2.24. The van der Waals surface area contributed by atoms with E-state index in [-0.39, 0.29) is 18.1 Å². The Morgan fingerprint density at radius 3 is 2.07 bits per heavy atom. The van der Waals surface area contributed by atoms with Crippen molar-refractivity contribution in [1.29, 1.82) is 0 Å². The Balaban J connectivity index is 1.77. The van der Waals surface area contributed by atoms with Crippen molar-refractivity contribution in [3.05, 3.63) is 0 Å². The molecule has 82 valence electrons. The zero-order valence-electron chi connectivity index (χ0n) is 8.12. The number of nitrogens with one attached hydrogen (secondary N) is 2. The largest absolute Gasteiger partial charge is 0.373 e. The number of imide groups is 1. The molecule has 3 aliphatic rings. The van der Waals surface area contributed by atoms with E-state index in [2.05, 4.69) is 10.6 Å². The van der Waals surface area contributed by atoms with E-state index in [9.17, 15) is 9.59 Å². The van der Waals surface area contributed by atoms with Crippen LogP contribution in [-0.2, 0) is 14.3 Å². The molecule has 3 heterocycles. The molecule has 3 rings (SSSR count). The number of hydrogen-bond donors (Lipinski definition) is 2. The Labute approximate surface area is 86.3 Å². The molecular formula is C9H12N2O4. The first-order chi connectivity index (χ1) is 7.18. The van der Waals surface area contributed by atoms with Crippen LogP contribution in [0.15, 0.2) is 0 Å². The van der Waals surface area contributed by atoms with E-state index in [1.807, 2.05) is 0 Å². The molecule has 3 aliphatic heterocycles. The number of carbonyl (C=O) groups excluding carboxylic acids is 2. The van der Waals surface area contributed by atoms with Crippen molar-refractivity contribution in [2.45, 2.75) is 30.6 Å². The maximum atomic E-state index is 11.7. The summed E-state index contributed by atoms with van der Waals surface area (Å²) in [6.45, 7) is 1.35. The summed E-state index contributed by atoms with van der Waals surface area (Å²) in [5.74, 6) is -0.251.